The fraction of sp³-hybridized carbons (Fsp3) is 0.348. The Hall–Kier alpha value is -2.67. The normalized spacial score (nSPS) is 11.0. The molecule has 0 bridgehead atoms. The molecule has 0 aliphatic heterocycles. The Kier molecular flexibility index (Phi) is 8.02. The van der Waals surface area contributed by atoms with Gasteiger partial charge in [-0.1, -0.05) is 68.3 Å². The molecule has 0 atom stereocenters. The van der Waals surface area contributed by atoms with Crippen molar-refractivity contribution in [1.82, 2.24) is 14.9 Å². The van der Waals surface area contributed by atoms with E-state index in [1.165, 1.54) is 17.8 Å². The first-order valence-electron chi connectivity index (χ1n) is 10.2. The van der Waals surface area contributed by atoms with E-state index in [4.69, 9.17) is 0 Å². The van der Waals surface area contributed by atoms with Crippen molar-refractivity contribution in [2.75, 3.05) is 5.75 Å². The molecular formula is C23H26FN3O2S. The van der Waals surface area contributed by atoms with Crippen molar-refractivity contribution in [1.29, 1.82) is 0 Å². The molecule has 158 valence electrons. The molecule has 0 fully saturated rings. The summed E-state index contributed by atoms with van der Waals surface area (Å²) < 4.78 is 15.4. The fourth-order valence-electron chi connectivity index (χ4n) is 3.17. The van der Waals surface area contributed by atoms with Crippen LogP contribution in [0.25, 0.3) is 10.9 Å². The van der Waals surface area contributed by atoms with Crippen LogP contribution in [-0.2, 0) is 17.9 Å². The van der Waals surface area contributed by atoms with Gasteiger partial charge in [-0.05, 0) is 24.6 Å². The highest BCUT2D eigenvalue weighted by molar-refractivity contribution is 7.99. The zero-order chi connectivity index (χ0) is 21.3. The number of unbranched alkanes of at least 4 members (excludes halogenated alkanes) is 3. The summed E-state index contributed by atoms with van der Waals surface area (Å²) in [6, 6.07) is 13.6. The quantitative estimate of drug-likeness (QED) is 0.293. The van der Waals surface area contributed by atoms with Crippen LogP contribution >= 0.6 is 11.8 Å². The number of fused-ring (bicyclic) bond motifs is 1. The average molecular weight is 428 g/mol. The number of halogens is 1. The number of rotatable bonds is 10. The molecule has 0 aliphatic carbocycles. The minimum Gasteiger partial charge on any atom is -0.351 e. The monoisotopic (exact) mass is 427 g/mol. The van der Waals surface area contributed by atoms with Gasteiger partial charge in [0, 0.05) is 18.7 Å². The number of para-hydroxylation sites is 1. The summed E-state index contributed by atoms with van der Waals surface area (Å²) in [5.74, 6) is -0.473. The first kappa shape index (κ1) is 22.0. The Labute approximate surface area is 179 Å². The van der Waals surface area contributed by atoms with Crippen LogP contribution in [0.1, 0.15) is 38.2 Å². The number of nitrogens with one attached hydrogen (secondary N) is 1. The Bertz CT molecular complexity index is 1070. The zero-order valence-corrected chi connectivity index (χ0v) is 17.9. The molecule has 7 heteroatoms. The van der Waals surface area contributed by atoms with Crippen molar-refractivity contribution in [2.45, 2.75) is 50.9 Å². The van der Waals surface area contributed by atoms with E-state index >= 15 is 0 Å². The standard InChI is InChI=1S/C23H26FN3O2S/c1-2-3-4-9-14-27-22(29)18-11-6-8-13-20(18)26-23(27)30-16-21(28)25-15-17-10-5-7-12-19(17)24/h5-8,10-13H,2-4,9,14-16H2,1H3,(H,25,28). The van der Waals surface area contributed by atoms with Gasteiger partial charge in [0.25, 0.3) is 5.56 Å². The summed E-state index contributed by atoms with van der Waals surface area (Å²) in [5.41, 5.74) is 0.987. The molecule has 2 aromatic carbocycles. The Morgan fingerprint density at radius 3 is 2.67 bits per heavy atom. The first-order valence-corrected chi connectivity index (χ1v) is 11.2. The fourth-order valence-corrected chi connectivity index (χ4v) is 4.02. The topological polar surface area (TPSA) is 64.0 Å². The van der Waals surface area contributed by atoms with Crippen molar-refractivity contribution in [2.24, 2.45) is 0 Å². The zero-order valence-electron chi connectivity index (χ0n) is 17.1. The van der Waals surface area contributed by atoms with Crippen LogP contribution in [0.4, 0.5) is 4.39 Å². The number of hydrogen-bond donors (Lipinski definition) is 1. The van der Waals surface area contributed by atoms with E-state index in [-0.39, 0.29) is 29.6 Å². The van der Waals surface area contributed by atoms with Gasteiger partial charge in [0.05, 0.1) is 16.7 Å². The number of carbonyl (C=O) groups is 1. The van der Waals surface area contributed by atoms with E-state index in [1.54, 1.807) is 34.9 Å². The molecule has 30 heavy (non-hydrogen) atoms. The third-order valence-corrected chi connectivity index (χ3v) is 5.80. The third kappa shape index (κ3) is 5.69. The number of amides is 1. The Morgan fingerprint density at radius 1 is 1.10 bits per heavy atom. The highest BCUT2D eigenvalue weighted by atomic mass is 32.2. The van der Waals surface area contributed by atoms with E-state index in [1.807, 2.05) is 12.1 Å². The number of benzene rings is 2. The lowest BCUT2D eigenvalue weighted by atomic mass is 10.2. The van der Waals surface area contributed by atoms with Crippen LogP contribution in [0.15, 0.2) is 58.5 Å². The van der Waals surface area contributed by atoms with Gasteiger partial charge in [0.2, 0.25) is 5.91 Å². The molecule has 0 aliphatic rings. The van der Waals surface area contributed by atoms with Crippen molar-refractivity contribution < 1.29 is 9.18 Å². The molecule has 1 amide bonds. The van der Waals surface area contributed by atoms with E-state index in [2.05, 4.69) is 17.2 Å². The predicted molar refractivity (Wildman–Crippen MR) is 119 cm³/mol. The summed E-state index contributed by atoms with van der Waals surface area (Å²) in [6.45, 7) is 2.85. The molecule has 1 N–H and O–H groups in total. The summed E-state index contributed by atoms with van der Waals surface area (Å²) in [6.07, 6.45) is 4.18. The van der Waals surface area contributed by atoms with Crippen molar-refractivity contribution in [3.05, 3.63) is 70.3 Å². The Balaban J connectivity index is 1.71. The average Bonchev–Trinajstić information content (AvgIpc) is 2.76. The lowest BCUT2D eigenvalue weighted by molar-refractivity contribution is -0.118. The van der Waals surface area contributed by atoms with Crippen LogP contribution < -0.4 is 10.9 Å². The van der Waals surface area contributed by atoms with Crippen LogP contribution in [0, 0.1) is 5.82 Å². The smallest absolute Gasteiger partial charge is 0.262 e. The number of carbonyl (C=O) groups excluding carboxylic acids is 1. The highest BCUT2D eigenvalue weighted by Crippen LogP contribution is 2.18. The van der Waals surface area contributed by atoms with Crippen molar-refractivity contribution in [3.8, 4) is 0 Å². The predicted octanol–water partition coefficient (Wildman–Crippen LogP) is 4.52. The molecule has 5 nitrogen and oxygen atoms in total. The van der Waals surface area contributed by atoms with Crippen LogP contribution in [0.3, 0.4) is 0 Å². The maximum Gasteiger partial charge on any atom is 0.262 e. The first-order chi connectivity index (χ1) is 14.6. The molecular weight excluding hydrogens is 401 g/mol. The molecule has 0 saturated heterocycles. The molecule has 0 spiro atoms. The van der Waals surface area contributed by atoms with Gasteiger partial charge in [-0.25, -0.2) is 9.37 Å². The molecule has 3 aromatic rings. The summed E-state index contributed by atoms with van der Waals surface area (Å²) >= 11 is 1.23. The van der Waals surface area contributed by atoms with Gasteiger partial charge in [-0.2, -0.15) is 0 Å². The number of nitrogens with zero attached hydrogens (tertiary/aromatic N) is 2. The third-order valence-electron chi connectivity index (χ3n) is 4.83. The molecule has 0 unspecified atom stereocenters. The SMILES string of the molecule is CCCCCCn1c(SCC(=O)NCc2ccccc2F)nc2ccccc2c1=O. The van der Waals surface area contributed by atoms with E-state index < -0.39 is 0 Å². The summed E-state index contributed by atoms with van der Waals surface area (Å²) in [7, 11) is 0. The summed E-state index contributed by atoms with van der Waals surface area (Å²) in [5, 5.41) is 3.85. The highest BCUT2D eigenvalue weighted by Gasteiger charge is 2.13. The van der Waals surface area contributed by atoms with Crippen LogP contribution in [0.2, 0.25) is 0 Å². The molecule has 1 aromatic heterocycles. The maximum atomic E-state index is 13.7. The summed E-state index contributed by atoms with van der Waals surface area (Å²) in [4.78, 5) is 29.9. The second-order valence-electron chi connectivity index (χ2n) is 7.09. The second-order valence-corrected chi connectivity index (χ2v) is 8.03. The van der Waals surface area contributed by atoms with E-state index in [0.717, 1.165) is 25.7 Å². The van der Waals surface area contributed by atoms with Gasteiger partial charge < -0.3 is 5.32 Å². The van der Waals surface area contributed by atoms with E-state index in [0.29, 0.717) is 28.2 Å². The van der Waals surface area contributed by atoms with Crippen LogP contribution in [-0.4, -0.2) is 21.2 Å². The van der Waals surface area contributed by atoms with Crippen LogP contribution in [0.5, 0.6) is 0 Å². The van der Waals surface area contributed by atoms with Gasteiger partial charge in [0.1, 0.15) is 5.82 Å². The molecule has 1 heterocycles. The van der Waals surface area contributed by atoms with Crippen molar-refractivity contribution in [3.63, 3.8) is 0 Å². The lowest BCUT2D eigenvalue weighted by Gasteiger charge is -2.13. The largest absolute Gasteiger partial charge is 0.351 e. The minimum atomic E-state index is -0.345. The molecule has 0 saturated carbocycles. The van der Waals surface area contributed by atoms with Gasteiger partial charge in [0.15, 0.2) is 5.16 Å². The molecule has 3 rings (SSSR count). The number of hydrogen-bond acceptors (Lipinski definition) is 4. The maximum absolute atomic E-state index is 13.7. The van der Waals surface area contributed by atoms with Gasteiger partial charge >= 0.3 is 0 Å². The second kappa shape index (κ2) is 10.9. The lowest BCUT2D eigenvalue weighted by Crippen LogP contribution is -2.27. The van der Waals surface area contributed by atoms with Crippen molar-refractivity contribution >= 4 is 28.6 Å². The van der Waals surface area contributed by atoms with Gasteiger partial charge in [-0.15, -0.1) is 0 Å². The minimum absolute atomic E-state index is 0.0774. The number of thioether (sulfide) groups is 1. The Morgan fingerprint density at radius 2 is 1.87 bits per heavy atom. The van der Waals surface area contributed by atoms with Gasteiger partial charge in [-0.3, -0.25) is 14.2 Å². The number of aromatic nitrogens is 2. The van der Waals surface area contributed by atoms with E-state index in [9.17, 15) is 14.0 Å². The molecule has 0 radical (unpaired) electrons.